The number of aromatic amines is 1. The summed E-state index contributed by atoms with van der Waals surface area (Å²) in [4.78, 5) is 16.8. The molecule has 0 atom stereocenters. The van der Waals surface area contributed by atoms with E-state index in [0.717, 1.165) is 34.4 Å². The third-order valence-electron chi connectivity index (χ3n) is 5.06. The highest BCUT2D eigenvalue weighted by Crippen LogP contribution is 2.26. The van der Waals surface area contributed by atoms with Gasteiger partial charge in [0.1, 0.15) is 0 Å². The second-order valence-electron chi connectivity index (χ2n) is 7.20. The van der Waals surface area contributed by atoms with Crippen LogP contribution in [0.1, 0.15) is 34.2 Å². The van der Waals surface area contributed by atoms with Gasteiger partial charge in [-0.15, -0.1) is 6.42 Å². The van der Waals surface area contributed by atoms with E-state index in [-0.39, 0.29) is 12.5 Å². The van der Waals surface area contributed by atoms with Crippen LogP contribution in [0.5, 0.6) is 0 Å². The van der Waals surface area contributed by atoms with Crippen molar-refractivity contribution in [2.75, 3.05) is 11.9 Å². The molecule has 6 nitrogen and oxygen atoms in total. The molecule has 0 aliphatic heterocycles. The Morgan fingerprint density at radius 3 is 2.81 bits per heavy atom. The first-order chi connectivity index (χ1) is 15.7. The van der Waals surface area contributed by atoms with E-state index in [0.29, 0.717) is 11.3 Å². The number of amides is 1. The van der Waals surface area contributed by atoms with Gasteiger partial charge in [0, 0.05) is 17.3 Å². The van der Waals surface area contributed by atoms with E-state index in [9.17, 15) is 4.79 Å². The highest BCUT2D eigenvalue weighted by atomic mass is 16.1. The average molecular weight is 422 g/mol. The van der Waals surface area contributed by atoms with Gasteiger partial charge in [0.05, 0.1) is 34.7 Å². The smallest absolute Gasteiger partial charge is 0.254 e. The van der Waals surface area contributed by atoms with E-state index in [1.165, 1.54) is 5.56 Å². The summed E-state index contributed by atoms with van der Waals surface area (Å²) in [6.07, 6.45) is 12.0. The highest BCUT2D eigenvalue weighted by Gasteiger charge is 2.11. The number of rotatable bonds is 7. The maximum absolute atomic E-state index is 12.4. The van der Waals surface area contributed by atoms with Crippen molar-refractivity contribution in [3.63, 3.8) is 0 Å². The Balaban J connectivity index is 1.54. The van der Waals surface area contributed by atoms with E-state index in [1.807, 2.05) is 60.8 Å². The van der Waals surface area contributed by atoms with Crippen molar-refractivity contribution < 1.29 is 4.79 Å². The number of para-hydroxylation sites is 1. The highest BCUT2D eigenvalue weighted by molar-refractivity contribution is 6.00. The van der Waals surface area contributed by atoms with Crippen LogP contribution in [0, 0.1) is 12.3 Å². The topological polar surface area (TPSA) is 82.7 Å². The third-order valence-corrected chi connectivity index (χ3v) is 5.06. The van der Waals surface area contributed by atoms with E-state index >= 15 is 0 Å². The first-order valence-electron chi connectivity index (χ1n) is 10.4. The number of aryl methyl sites for hydroxylation is 1. The van der Waals surface area contributed by atoms with Gasteiger partial charge in [-0.2, -0.15) is 5.10 Å². The predicted molar refractivity (Wildman–Crippen MR) is 130 cm³/mol. The second-order valence-corrected chi connectivity index (χ2v) is 7.20. The molecular weight excluding hydrogens is 398 g/mol. The molecular formula is C26H23N5O. The van der Waals surface area contributed by atoms with E-state index in [2.05, 4.69) is 44.7 Å². The molecule has 1 amide bonds. The first kappa shape index (κ1) is 20.9. The molecule has 0 aliphatic carbocycles. The number of benzene rings is 2. The Kier molecular flexibility index (Phi) is 6.28. The number of terminal acetylenes is 1. The zero-order chi connectivity index (χ0) is 22.3. The van der Waals surface area contributed by atoms with Crippen molar-refractivity contribution >= 4 is 40.3 Å². The summed E-state index contributed by atoms with van der Waals surface area (Å²) in [5.74, 6) is 2.19. The Labute approximate surface area is 186 Å². The van der Waals surface area contributed by atoms with Gasteiger partial charge in [-0.25, -0.2) is 0 Å². The zero-order valence-electron chi connectivity index (χ0n) is 17.7. The summed E-state index contributed by atoms with van der Waals surface area (Å²) in [6, 6.07) is 17.3. The predicted octanol–water partition coefficient (Wildman–Crippen LogP) is 4.80. The van der Waals surface area contributed by atoms with Gasteiger partial charge in [-0.1, -0.05) is 31.0 Å². The first-order valence-corrected chi connectivity index (χ1v) is 10.4. The van der Waals surface area contributed by atoms with Gasteiger partial charge in [0.25, 0.3) is 5.91 Å². The molecule has 158 valence electrons. The molecule has 3 N–H and O–H groups in total. The molecule has 0 fully saturated rings. The molecule has 0 radical (unpaired) electrons. The summed E-state index contributed by atoms with van der Waals surface area (Å²) in [5, 5.41) is 14.5. The molecule has 6 heteroatoms. The summed E-state index contributed by atoms with van der Waals surface area (Å²) in [6.45, 7) is 2.29. The Bertz CT molecular complexity index is 1310. The monoisotopic (exact) mass is 421 g/mol. The zero-order valence-corrected chi connectivity index (χ0v) is 17.7. The van der Waals surface area contributed by atoms with Crippen LogP contribution in [-0.2, 0) is 6.42 Å². The van der Waals surface area contributed by atoms with E-state index < -0.39 is 0 Å². The molecule has 4 rings (SSSR count). The van der Waals surface area contributed by atoms with Crippen LogP contribution in [0.25, 0.3) is 23.1 Å². The van der Waals surface area contributed by atoms with Crippen molar-refractivity contribution in [2.24, 2.45) is 0 Å². The second kappa shape index (κ2) is 9.63. The molecule has 0 saturated carbocycles. The van der Waals surface area contributed by atoms with Crippen LogP contribution in [0.4, 0.5) is 11.4 Å². The Morgan fingerprint density at radius 1 is 1.16 bits per heavy atom. The maximum atomic E-state index is 12.4. The van der Waals surface area contributed by atoms with Gasteiger partial charge in [0.2, 0.25) is 0 Å². The number of nitrogens with one attached hydrogen (secondary N) is 3. The lowest BCUT2D eigenvalue weighted by Crippen LogP contribution is -2.24. The minimum absolute atomic E-state index is 0.182. The number of anilines is 2. The lowest BCUT2D eigenvalue weighted by atomic mass is 10.1. The molecule has 0 unspecified atom stereocenters. The molecule has 0 saturated heterocycles. The quantitative estimate of drug-likeness (QED) is 0.375. The van der Waals surface area contributed by atoms with E-state index in [1.54, 1.807) is 6.07 Å². The van der Waals surface area contributed by atoms with Gasteiger partial charge in [0.15, 0.2) is 0 Å². The summed E-state index contributed by atoms with van der Waals surface area (Å²) in [7, 11) is 0. The summed E-state index contributed by atoms with van der Waals surface area (Å²) >= 11 is 0. The number of carbonyl (C=O) groups is 1. The average Bonchev–Trinajstić information content (AvgIpc) is 3.24. The number of fused-ring (bicyclic) bond motifs is 1. The fourth-order valence-electron chi connectivity index (χ4n) is 3.33. The summed E-state index contributed by atoms with van der Waals surface area (Å²) < 4.78 is 0. The van der Waals surface area contributed by atoms with Crippen molar-refractivity contribution in [1.82, 2.24) is 20.5 Å². The van der Waals surface area contributed by atoms with Crippen molar-refractivity contribution in [3.8, 4) is 12.3 Å². The van der Waals surface area contributed by atoms with Crippen molar-refractivity contribution in [2.45, 2.75) is 13.3 Å². The fraction of sp³-hybridized carbons (Fsp3) is 0.115. The Hall–Kier alpha value is -4.37. The van der Waals surface area contributed by atoms with Crippen LogP contribution < -0.4 is 10.6 Å². The van der Waals surface area contributed by atoms with Crippen LogP contribution in [0.15, 0.2) is 60.8 Å². The Morgan fingerprint density at radius 2 is 2.03 bits per heavy atom. The molecule has 32 heavy (non-hydrogen) atoms. The summed E-state index contributed by atoms with van der Waals surface area (Å²) in [5.41, 5.74) is 5.88. The maximum Gasteiger partial charge on any atom is 0.254 e. The molecule has 2 aromatic heterocycles. The molecule has 0 spiro atoms. The van der Waals surface area contributed by atoms with Gasteiger partial charge in [-0.3, -0.25) is 14.9 Å². The van der Waals surface area contributed by atoms with Crippen LogP contribution in [-0.4, -0.2) is 27.6 Å². The molecule has 0 aliphatic rings. The van der Waals surface area contributed by atoms with E-state index in [4.69, 9.17) is 6.42 Å². The molecule has 2 heterocycles. The van der Waals surface area contributed by atoms with Gasteiger partial charge in [-0.05, 0) is 60.5 Å². The third kappa shape index (κ3) is 4.68. The minimum atomic E-state index is -0.221. The van der Waals surface area contributed by atoms with Crippen molar-refractivity contribution in [3.05, 3.63) is 83.3 Å². The molecule has 4 aromatic rings. The van der Waals surface area contributed by atoms with Gasteiger partial charge < -0.3 is 10.6 Å². The SMILES string of the molecule is C#CCNC(=O)c1ccccc1Nc1ccc2c(C=Cc3ccc(CC)cn3)n[nH]c2c1. The number of pyridine rings is 1. The number of H-pyrrole nitrogens is 1. The normalized spacial score (nSPS) is 10.9. The molecule has 2 aromatic carbocycles. The van der Waals surface area contributed by atoms with Crippen LogP contribution >= 0.6 is 0 Å². The van der Waals surface area contributed by atoms with Crippen molar-refractivity contribution in [1.29, 1.82) is 0 Å². The number of hydrogen-bond acceptors (Lipinski definition) is 4. The van der Waals surface area contributed by atoms with Gasteiger partial charge >= 0.3 is 0 Å². The number of aromatic nitrogens is 3. The fourth-order valence-corrected chi connectivity index (χ4v) is 3.33. The number of hydrogen-bond donors (Lipinski definition) is 3. The molecule has 0 bridgehead atoms. The number of nitrogens with zero attached hydrogens (tertiary/aromatic N) is 2. The minimum Gasteiger partial charge on any atom is -0.355 e. The van der Waals surface area contributed by atoms with Crippen LogP contribution in [0.2, 0.25) is 0 Å². The largest absolute Gasteiger partial charge is 0.355 e. The standard InChI is InChI=1S/C26H23N5O/c1-3-15-27-26(32)22-7-5-6-8-23(22)29-20-11-13-21-24(30-31-25(21)16-20)14-12-19-10-9-18(4-2)17-28-19/h1,5-14,16-17,29H,4,15H2,2H3,(H,27,32)(H,30,31). The number of carbonyl (C=O) groups excluding carboxylic acids is 1. The lowest BCUT2D eigenvalue weighted by Gasteiger charge is -2.11. The van der Waals surface area contributed by atoms with Crippen LogP contribution in [0.3, 0.4) is 0 Å². The lowest BCUT2D eigenvalue weighted by molar-refractivity contribution is 0.0959.